The van der Waals surface area contributed by atoms with Crippen LogP contribution in [0.3, 0.4) is 0 Å². The molecule has 16 heavy (non-hydrogen) atoms. The lowest BCUT2D eigenvalue weighted by Gasteiger charge is -2.22. The molecule has 4 heteroatoms. The van der Waals surface area contributed by atoms with Gasteiger partial charge in [0.25, 0.3) is 0 Å². The first-order valence-electron chi connectivity index (χ1n) is 5.83. The Kier molecular flexibility index (Phi) is 4.41. The second kappa shape index (κ2) is 5.63. The van der Waals surface area contributed by atoms with Gasteiger partial charge in [-0.05, 0) is 53.9 Å². The maximum Gasteiger partial charge on any atom is 0.0778 e. The molecule has 0 aromatic carbocycles. The molecule has 2 rings (SSSR count). The van der Waals surface area contributed by atoms with Crippen LogP contribution in [0.4, 0.5) is 0 Å². The van der Waals surface area contributed by atoms with Crippen molar-refractivity contribution in [1.29, 1.82) is 0 Å². The number of aryl methyl sites for hydroxylation is 1. The molecular formula is C12H18BrNOS. The van der Waals surface area contributed by atoms with Gasteiger partial charge in [-0.25, -0.2) is 0 Å². The zero-order chi connectivity index (χ0) is 11.5. The lowest BCUT2D eigenvalue weighted by molar-refractivity contribution is 0.0798. The normalized spacial score (nSPS) is 22.6. The van der Waals surface area contributed by atoms with Crippen LogP contribution >= 0.6 is 27.3 Å². The standard InChI is InChI=1S/C12H18BrNOS/c1-3-14-11(9-5-4-6-15-9)10-7-8(2)12(13)16-10/h7,9,11,14H,3-6H2,1-2H3. The number of likely N-dealkylation sites (N-methyl/N-ethyl adjacent to an activating group) is 1. The van der Waals surface area contributed by atoms with Crippen LogP contribution in [0.25, 0.3) is 0 Å². The second-order valence-corrected chi connectivity index (χ2v) is 6.59. The maximum atomic E-state index is 5.80. The fourth-order valence-electron chi connectivity index (χ4n) is 2.14. The van der Waals surface area contributed by atoms with Crippen LogP contribution < -0.4 is 5.32 Å². The molecule has 0 saturated carbocycles. The van der Waals surface area contributed by atoms with E-state index >= 15 is 0 Å². The van der Waals surface area contributed by atoms with Crippen molar-refractivity contribution in [2.75, 3.05) is 13.2 Å². The Bertz CT molecular complexity index is 327. The van der Waals surface area contributed by atoms with E-state index in [-0.39, 0.29) is 0 Å². The third-order valence-electron chi connectivity index (χ3n) is 2.94. The van der Waals surface area contributed by atoms with E-state index in [4.69, 9.17) is 4.74 Å². The van der Waals surface area contributed by atoms with Gasteiger partial charge in [-0.3, -0.25) is 0 Å². The summed E-state index contributed by atoms with van der Waals surface area (Å²) in [6.45, 7) is 6.19. The predicted octanol–water partition coefficient (Wildman–Crippen LogP) is 3.65. The Labute approximate surface area is 110 Å². The van der Waals surface area contributed by atoms with Gasteiger partial charge in [0.1, 0.15) is 0 Å². The average Bonchev–Trinajstić information content (AvgIpc) is 2.86. The summed E-state index contributed by atoms with van der Waals surface area (Å²) in [5.41, 5.74) is 1.32. The summed E-state index contributed by atoms with van der Waals surface area (Å²) in [7, 11) is 0. The molecule has 0 spiro atoms. The zero-order valence-electron chi connectivity index (χ0n) is 9.75. The summed E-state index contributed by atoms with van der Waals surface area (Å²) in [5.74, 6) is 0. The van der Waals surface area contributed by atoms with Crippen molar-refractivity contribution < 1.29 is 4.74 Å². The molecule has 2 atom stereocenters. The highest BCUT2D eigenvalue weighted by atomic mass is 79.9. The third-order valence-corrected chi connectivity index (χ3v) is 5.16. The van der Waals surface area contributed by atoms with E-state index in [2.05, 4.69) is 41.2 Å². The monoisotopic (exact) mass is 303 g/mol. The molecule has 1 aliphatic heterocycles. The number of rotatable bonds is 4. The Balaban J connectivity index is 2.17. The molecule has 0 amide bonds. The van der Waals surface area contributed by atoms with Crippen LogP contribution in [-0.4, -0.2) is 19.3 Å². The summed E-state index contributed by atoms with van der Waals surface area (Å²) in [6, 6.07) is 2.63. The molecule has 2 unspecified atom stereocenters. The van der Waals surface area contributed by atoms with E-state index in [1.165, 1.54) is 27.1 Å². The van der Waals surface area contributed by atoms with Crippen molar-refractivity contribution in [2.45, 2.75) is 38.8 Å². The molecule has 1 aliphatic rings. The summed E-state index contributed by atoms with van der Waals surface area (Å²) in [4.78, 5) is 1.39. The fraction of sp³-hybridized carbons (Fsp3) is 0.667. The quantitative estimate of drug-likeness (QED) is 0.917. The van der Waals surface area contributed by atoms with Crippen molar-refractivity contribution in [3.05, 3.63) is 20.3 Å². The van der Waals surface area contributed by atoms with Crippen molar-refractivity contribution >= 4 is 27.3 Å². The Morgan fingerprint density at radius 3 is 3.00 bits per heavy atom. The lowest BCUT2D eigenvalue weighted by Crippen LogP contribution is -2.30. The van der Waals surface area contributed by atoms with E-state index in [9.17, 15) is 0 Å². The van der Waals surface area contributed by atoms with E-state index in [1.54, 1.807) is 0 Å². The number of hydrogen-bond donors (Lipinski definition) is 1. The topological polar surface area (TPSA) is 21.3 Å². The van der Waals surface area contributed by atoms with Gasteiger partial charge in [0.2, 0.25) is 0 Å². The summed E-state index contributed by atoms with van der Waals surface area (Å²) < 4.78 is 7.04. The highest BCUT2D eigenvalue weighted by molar-refractivity contribution is 9.11. The number of thiophene rings is 1. The number of ether oxygens (including phenoxy) is 1. The SMILES string of the molecule is CCNC(c1cc(C)c(Br)s1)C1CCCO1. The molecule has 1 saturated heterocycles. The highest BCUT2D eigenvalue weighted by Crippen LogP contribution is 2.35. The molecule has 1 aromatic heterocycles. The predicted molar refractivity (Wildman–Crippen MR) is 72.1 cm³/mol. The van der Waals surface area contributed by atoms with Gasteiger partial charge in [0.05, 0.1) is 15.9 Å². The highest BCUT2D eigenvalue weighted by Gasteiger charge is 2.28. The van der Waals surface area contributed by atoms with Gasteiger partial charge in [0, 0.05) is 11.5 Å². The molecule has 0 aliphatic carbocycles. The van der Waals surface area contributed by atoms with Gasteiger partial charge in [-0.1, -0.05) is 6.92 Å². The van der Waals surface area contributed by atoms with Crippen LogP contribution in [0, 0.1) is 6.92 Å². The molecule has 1 fully saturated rings. The third kappa shape index (κ3) is 2.67. The first-order chi connectivity index (χ1) is 7.72. The smallest absolute Gasteiger partial charge is 0.0778 e. The maximum absolute atomic E-state index is 5.80. The molecule has 2 nitrogen and oxygen atoms in total. The summed E-state index contributed by atoms with van der Waals surface area (Å²) in [5, 5.41) is 3.55. The van der Waals surface area contributed by atoms with Gasteiger partial charge < -0.3 is 10.1 Å². The van der Waals surface area contributed by atoms with Crippen LogP contribution in [0.15, 0.2) is 9.85 Å². The first-order valence-corrected chi connectivity index (χ1v) is 7.44. The Morgan fingerprint density at radius 1 is 1.69 bits per heavy atom. The van der Waals surface area contributed by atoms with E-state index < -0.39 is 0 Å². The molecule has 90 valence electrons. The number of halogens is 1. The van der Waals surface area contributed by atoms with Crippen LogP contribution in [0.5, 0.6) is 0 Å². The van der Waals surface area contributed by atoms with E-state index in [0.717, 1.165) is 13.2 Å². The lowest BCUT2D eigenvalue weighted by atomic mass is 10.1. The largest absolute Gasteiger partial charge is 0.376 e. The van der Waals surface area contributed by atoms with Crippen molar-refractivity contribution in [3.63, 3.8) is 0 Å². The molecular weight excluding hydrogens is 286 g/mol. The minimum absolute atomic E-state index is 0.352. The minimum atomic E-state index is 0.352. The van der Waals surface area contributed by atoms with E-state index in [0.29, 0.717) is 12.1 Å². The second-order valence-electron chi connectivity index (χ2n) is 4.19. The number of hydrogen-bond acceptors (Lipinski definition) is 3. The van der Waals surface area contributed by atoms with Crippen LogP contribution in [0.2, 0.25) is 0 Å². The molecule has 2 heterocycles. The summed E-state index contributed by atoms with van der Waals surface area (Å²) in [6.07, 6.45) is 2.72. The Hall–Kier alpha value is 0.1000. The average molecular weight is 304 g/mol. The van der Waals surface area contributed by atoms with Gasteiger partial charge >= 0.3 is 0 Å². The summed E-state index contributed by atoms with van der Waals surface area (Å²) >= 11 is 5.42. The molecule has 0 bridgehead atoms. The number of nitrogens with one attached hydrogen (secondary N) is 1. The zero-order valence-corrected chi connectivity index (χ0v) is 12.2. The fourth-order valence-corrected chi connectivity index (χ4v) is 3.84. The van der Waals surface area contributed by atoms with Crippen molar-refractivity contribution in [1.82, 2.24) is 5.32 Å². The van der Waals surface area contributed by atoms with Crippen molar-refractivity contribution in [2.24, 2.45) is 0 Å². The van der Waals surface area contributed by atoms with Gasteiger partial charge in [0.15, 0.2) is 0 Å². The van der Waals surface area contributed by atoms with Gasteiger partial charge in [-0.2, -0.15) is 0 Å². The van der Waals surface area contributed by atoms with Crippen LogP contribution in [-0.2, 0) is 4.74 Å². The van der Waals surface area contributed by atoms with Gasteiger partial charge in [-0.15, -0.1) is 11.3 Å². The molecule has 0 radical (unpaired) electrons. The van der Waals surface area contributed by atoms with Crippen molar-refractivity contribution in [3.8, 4) is 0 Å². The minimum Gasteiger partial charge on any atom is -0.376 e. The van der Waals surface area contributed by atoms with E-state index in [1.807, 2.05) is 11.3 Å². The Morgan fingerprint density at radius 2 is 2.50 bits per heavy atom. The molecule has 1 N–H and O–H groups in total. The molecule has 1 aromatic rings. The first kappa shape index (κ1) is 12.6. The van der Waals surface area contributed by atoms with Crippen LogP contribution in [0.1, 0.15) is 36.2 Å².